The number of halogens is 4. The quantitative estimate of drug-likeness (QED) is 0.832. The first-order chi connectivity index (χ1) is 9.97. The van der Waals surface area contributed by atoms with Gasteiger partial charge in [-0.1, -0.05) is 6.07 Å². The van der Waals surface area contributed by atoms with E-state index in [0.29, 0.717) is 5.56 Å². The molecule has 0 bridgehead atoms. The number of rotatable bonds is 5. The Morgan fingerprint density at radius 2 is 1.52 bits per heavy atom. The molecule has 112 valence electrons. The molecule has 2 N–H and O–H groups in total. The van der Waals surface area contributed by atoms with Crippen LogP contribution in [0.4, 0.5) is 17.6 Å². The summed E-state index contributed by atoms with van der Waals surface area (Å²) in [5.74, 6) is -3.12. The second-order valence-electron chi connectivity index (χ2n) is 4.56. The molecule has 1 atom stereocenters. The number of benzene rings is 2. The van der Waals surface area contributed by atoms with Crippen LogP contribution in [-0.4, -0.2) is 11.7 Å². The molecule has 0 radical (unpaired) electrons. The molecule has 0 saturated carbocycles. The van der Waals surface area contributed by atoms with Crippen molar-refractivity contribution in [3.63, 3.8) is 0 Å². The zero-order valence-electron chi connectivity index (χ0n) is 10.9. The third kappa shape index (κ3) is 4.03. The Balaban J connectivity index is 1.97. The number of nitrogens with one attached hydrogen (secondary N) is 1. The fourth-order valence-electron chi connectivity index (χ4n) is 2.00. The SMILES string of the molecule is OC(CNCc1cc(F)cc(F)c1)c1c(F)cccc1F. The van der Waals surface area contributed by atoms with E-state index in [9.17, 15) is 22.7 Å². The van der Waals surface area contributed by atoms with Crippen LogP contribution in [0.1, 0.15) is 17.2 Å². The number of hydrogen-bond donors (Lipinski definition) is 2. The molecule has 0 aliphatic rings. The summed E-state index contributed by atoms with van der Waals surface area (Å²) in [5, 5.41) is 12.5. The fraction of sp³-hybridized carbons (Fsp3) is 0.200. The highest BCUT2D eigenvalue weighted by atomic mass is 19.1. The van der Waals surface area contributed by atoms with Crippen LogP contribution in [0.15, 0.2) is 36.4 Å². The maximum atomic E-state index is 13.4. The van der Waals surface area contributed by atoms with Crippen LogP contribution in [0.3, 0.4) is 0 Å². The third-order valence-corrected chi connectivity index (χ3v) is 2.92. The third-order valence-electron chi connectivity index (χ3n) is 2.92. The van der Waals surface area contributed by atoms with Crippen LogP contribution in [0.2, 0.25) is 0 Å². The molecule has 2 aromatic rings. The second kappa shape index (κ2) is 6.69. The van der Waals surface area contributed by atoms with Crippen molar-refractivity contribution in [3.05, 3.63) is 70.8 Å². The van der Waals surface area contributed by atoms with Crippen LogP contribution >= 0.6 is 0 Å². The highest BCUT2D eigenvalue weighted by Gasteiger charge is 2.17. The summed E-state index contributed by atoms with van der Waals surface area (Å²) >= 11 is 0. The van der Waals surface area contributed by atoms with Crippen molar-refractivity contribution in [2.24, 2.45) is 0 Å². The lowest BCUT2D eigenvalue weighted by Crippen LogP contribution is -2.22. The molecule has 0 aliphatic heterocycles. The molecule has 0 aromatic heterocycles. The van der Waals surface area contributed by atoms with Gasteiger partial charge in [-0.25, -0.2) is 17.6 Å². The Bertz CT molecular complexity index is 593. The average molecular weight is 299 g/mol. The zero-order valence-corrected chi connectivity index (χ0v) is 10.9. The smallest absolute Gasteiger partial charge is 0.131 e. The first kappa shape index (κ1) is 15.5. The van der Waals surface area contributed by atoms with Crippen molar-refractivity contribution >= 4 is 0 Å². The van der Waals surface area contributed by atoms with E-state index in [0.717, 1.165) is 30.3 Å². The van der Waals surface area contributed by atoms with Gasteiger partial charge in [-0.15, -0.1) is 0 Å². The topological polar surface area (TPSA) is 32.3 Å². The molecule has 0 heterocycles. The second-order valence-corrected chi connectivity index (χ2v) is 4.56. The van der Waals surface area contributed by atoms with Gasteiger partial charge in [-0.2, -0.15) is 0 Å². The van der Waals surface area contributed by atoms with Gasteiger partial charge in [0.15, 0.2) is 0 Å². The average Bonchev–Trinajstić information content (AvgIpc) is 2.37. The summed E-state index contributed by atoms with van der Waals surface area (Å²) in [4.78, 5) is 0. The predicted molar refractivity (Wildman–Crippen MR) is 69.4 cm³/mol. The van der Waals surface area contributed by atoms with Gasteiger partial charge in [0, 0.05) is 19.2 Å². The van der Waals surface area contributed by atoms with E-state index < -0.39 is 34.9 Å². The minimum Gasteiger partial charge on any atom is -0.387 e. The zero-order chi connectivity index (χ0) is 15.4. The summed E-state index contributed by atoms with van der Waals surface area (Å²) in [6.07, 6.45) is -1.40. The first-order valence-corrected chi connectivity index (χ1v) is 6.25. The van der Waals surface area contributed by atoms with E-state index in [1.165, 1.54) is 6.07 Å². The summed E-state index contributed by atoms with van der Waals surface area (Å²) in [6, 6.07) is 6.29. The molecular formula is C15H13F4NO. The van der Waals surface area contributed by atoms with Crippen molar-refractivity contribution in [2.75, 3.05) is 6.54 Å². The molecule has 0 aliphatic carbocycles. The summed E-state index contributed by atoms with van der Waals surface area (Å²) < 4.78 is 52.8. The van der Waals surface area contributed by atoms with Gasteiger partial charge < -0.3 is 10.4 Å². The Kier molecular flexibility index (Phi) is 4.93. The predicted octanol–water partition coefficient (Wildman–Crippen LogP) is 3.07. The van der Waals surface area contributed by atoms with Crippen LogP contribution in [0.25, 0.3) is 0 Å². The van der Waals surface area contributed by atoms with E-state index in [1.807, 2.05) is 0 Å². The van der Waals surface area contributed by atoms with Crippen molar-refractivity contribution in [3.8, 4) is 0 Å². The molecule has 2 nitrogen and oxygen atoms in total. The van der Waals surface area contributed by atoms with Crippen LogP contribution < -0.4 is 5.32 Å². The fourth-order valence-corrected chi connectivity index (χ4v) is 2.00. The molecule has 0 fully saturated rings. The van der Waals surface area contributed by atoms with Crippen LogP contribution in [0.5, 0.6) is 0 Å². The molecule has 2 aromatic carbocycles. The normalized spacial score (nSPS) is 12.4. The number of aliphatic hydroxyl groups is 1. The Hall–Kier alpha value is -1.92. The maximum absolute atomic E-state index is 13.4. The van der Waals surface area contributed by atoms with E-state index in [1.54, 1.807) is 0 Å². The highest BCUT2D eigenvalue weighted by molar-refractivity contribution is 5.22. The molecule has 2 rings (SSSR count). The van der Waals surface area contributed by atoms with Gasteiger partial charge in [-0.3, -0.25) is 0 Å². The summed E-state index contributed by atoms with van der Waals surface area (Å²) in [7, 11) is 0. The lowest BCUT2D eigenvalue weighted by Gasteiger charge is -2.14. The van der Waals surface area contributed by atoms with E-state index >= 15 is 0 Å². The lowest BCUT2D eigenvalue weighted by atomic mass is 10.1. The van der Waals surface area contributed by atoms with Gasteiger partial charge in [0.2, 0.25) is 0 Å². The van der Waals surface area contributed by atoms with Crippen LogP contribution in [-0.2, 0) is 6.54 Å². The van der Waals surface area contributed by atoms with Crippen molar-refractivity contribution in [1.29, 1.82) is 0 Å². The van der Waals surface area contributed by atoms with Gasteiger partial charge in [0.05, 0.1) is 11.7 Å². The summed E-state index contributed by atoms with van der Waals surface area (Å²) in [6.45, 7) is -0.0994. The van der Waals surface area contributed by atoms with Crippen molar-refractivity contribution < 1.29 is 22.7 Å². The van der Waals surface area contributed by atoms with E-state index in [4.69, 9.17) is 0 Å². The Labute approximate surface area is 119 Å². The lowest BCUT2D eigenvalue weighted by molar-refractivity contribution is 0.164. The van der Waals surface area contributed by atoms with Gasteiger partial charge in [-0.05, 0) is 29.8 Å². The van der Waals surface area contributed by atoms with Crippen molar-refractivity contribution in [2.45, 2.75) is 12.6 Å². The highest BCUT2D eigenvalue weighted by Crippen LogP contribution is 2.20. The van der Waals surface area contributed by atoms with Gasteiger partial charge >= 0.3 is 0 Å². The molecule has 0 spiro atoms. The van der Waals surface area contributed by atoms with Crippen LogP contribution in [0, 0.1) is 23.3 Å². The molecule has 1 unspecified atom stereocenters. The maximum Gasteiger partial charge on any atom is 0.131 e. The molecular weight excluding hydrogens is 286 g/mol. The number of hydrogen-bond acceptors (Lipinski definition) is 2. The van der Waals surface area contributed by atoms with Crippen molar-refractivity contribution in [1.82, 2.24) is 5.32 Å². The Morgan fingerprint density at radius 1 is 0.952 bits per heavy atom. The standard InChI is InChI=1S/C15H13F4NO/c16-10-4-9(5-11(17)6-10)7-20-8-14(21)15-12(18)2-1-3-13(15)19/h1-6,14,20-21H,7-8H2. The Morgan fingerprint density at radius 3 is 2.10 bits per heavy atom. The number of aliphatic hydroxyl groups excluding tert-OH is 1. The minimum atomic E-state index is -1.40. The first-order valence-electron chi connectivity index (χ1n) is 6.25. The van der Waals surface area contributed by atoms with Gasteiger partial charge in [0.25, 0.3) is 0 Å². The van der Waals surface area contributed by atoms with Gasteiger partial charge in [0.1, 0.15) is 23.3 Å². The molecule has 0 amide bonds. The minimum absolute atomic E-state index is 0.0574. The summed E-state index contributed by atoms with van der Waals surface area (Å²) in [5.41, 5.74) is -0.107. The molecule has 6 heteroatoms. The molecule has 0 saturated heterocycles. The van der Waals surface area contributed by atoms with E-state index in [2.05, 4.69) is 5.32 Å². The largest absolute Gasteiger partial charge is 0.387 e. The molecule has 21 heavy (non-hydrogen) atoms. The monoisotopic (exact) mass is 299 g/mol. The van der Waals surface area contributed by atoms with E-state index in [-0.39, 0.29) is 13.1 Å².